The summed E-state index contributed by atoms with van der Waals surface area (Å²) in [6.07, 6.45) is -3.45. The van der Waals surface area contributed by atoms with E-state index in [2.05, 4.69) is 26.9 Å². The van der Waals surface area contributed by atoms with E-state index in [0.717, 1.165) is 49.1 Å². The SMILES string of the molecule is CC(C)C[C@H](N[C@@H](c1ccc2c(c1)oc1ccc(CN3CCNCC3)cc12)C(F)(F)F)C(=O)NC1(C#N)CC1. The Hall–Kier alpha value is -3.13. The number of piperazine rings is 1. The number of hydrogen-bond acceptors (Lipinski definition) is 6. The van der Waals surface area contributed by atoms with Crippen LogP contribution >= 0.6 is 0 Å². The van der Waals surface area contributed by atoms with Gasteiger partial charge in [-0.3, -0.25) is 15.0 Å². The Labute approximate surface area is 225 Å². The van der Waals surface area contributed by atoms with Crippen molar-refractivity contribution in [2.24, 2.45) is 5.92 Å². The van der Waals surface area contributed by atoms with Crippen molar-refractivity contribution in [3.63, 3.8) is 0 Å². The molecule has 1 aromatic heterocycles. The molecule has 2 fully saturated rings. The van der Waals surface area contributed by atoms with Crippen molar-refractivity contribution < 1.29 is 22.4 Å². The number of nitrogens with one attached hydrogen (secondary N) is 3. The van der Waals surface area contributed by atoms with E-state index in [1.807, 2.05) is 32.0 Å². The molecule has 1 amide bonds. The summed E-state index contributed by atoms with van der Waals surface area (Å²) < 4.78 is 49.1. The van der Waals surface area contributed by atoms with Crippen molar-refractivity contribution in [2.75, 3.05) is 26.2 Å². The zero-order chi connectivity index (χ0) is 27.8. The van der Waals surface area contributed by atoms with Gasteiger partial charge in [0.1, 0.15) is 22.7 Å². The Morgan fingerprint density at radius 2 is 1.87 bits per heavy atom. The number of furan rings is 1. The first kappa shape index (κ1) is 27.4. The molecule has 1 aliphatic carbocycles. The number of rotatable bonds is 9. The van der Waals surface area contributed by atoms with Crippen molar-refractivity contribution in [1.29, 1.82) is 5.26 Å². The second-order valence-electron chi connectivity index (χ2n) is 11.2. The number of nitriles is 1. The van der Waals surface area contributed by atoms with Gasteiger partial charge in [-0.15, -0.1) is 0 Å². The number of alkyl halides is 3. The summed E-state index contributed by atoms with van der Waals surface area (Å²) in [7, 11) is 0. The number of carbonyl (C=O) groups excluding carboxylic acids is 1. The Kier molecular flexibility index (Phi) is 7.60. The highest BCUT2D eigenvalue weighted by Gasteiger charge is 2.47. The maximum atomic E-state index is 14.4. The Morgan fingerprint density at radius 3 is 2.51 bits per heavy atom. The molecule has 0 spiro atoms. The molecule has 0 unspecified atom stereocenters. The van der Waals surface area contributed by atoms with Crippen molar-refractivity contribution in [2.45, 2.75) is 63.5 Å². The standard InChI is InChI=1S/C29H34F3N5O2/c1-18(2)13-23(27(38)36-28(17-33)7-8-28)35-26(29(30,31)32)20-4-5-21-22-14-19(16-37-11-9-34-10-12-37)3-6-24(22)39-25(21)15-20/h3-6,14-15,18,23,26,34-35H,7-13,16H2,1-2H3,(H,36,38)/t23-,26-/m0/s1. The highest BCUT2D eigenvalue weighted by atomic mass is 19.4. The lowest BCUT2D eigenvalue weighted by atomic mass is 9.98. The minimum absolute atomic E-state index is 0.0296. The molecule has 208 valence electrons. The topological polar surface area (TPSA) is 93.3 Å². The number of halogens is 3. The number of amides is 1. The summed E-state index contributed by atoms with van der Waals surface area (Å²) in [4.78, 5) is 15.3. The lowest BCUT2D eigenvalue weighted by Gasteiger charge is -2.29. The van der Waals surface area contributed by atoms with Gasteiger partial charge in [0.05, 0.1) is 12.1 Å². The van der Waals surface area contributed by atoms with Crippen LogP contribution in [0.2, 0.25) is 0 Å². The van der Waals surface area contributed by atoms with E-state index in [-0.39, 0.29) is 17.9 Å². The fourth-order valence-corrected chi connectivity index (χ4v) is 5.26. The third-order valence-electron chi connectivity index (χ3n) is 7.55. The second kappa shape index (κ2) is 10.8. The van der Waals surface area contributed by atoms with E-state index in [1.165, 1.54) is 12.1 Å². The Morgan fingerprint density at radius 1 is 1.13 bits per heavy atom. The van der Waals surface area contributed by atoms with Gasteiger partial charge in [-0.2, -0.15) is 18.4 Å². The fraction of sp³-hybridized carbons (Fsp3) is 0.517. The van der Waals surface area contributed by atoms with Gasteiger partial charge in [0, 0.05) is 43.5 Å². The fourth-order valence-electron chi connectivity index (χ4n) is 5.26. The molecule has 0 bridgehead atoms. The van der Waals surface area contributed by atoms with Crippen LogP contribution in [0.4, 0.5) is 13.2 Å². The molecule has 39 heavy (non-hydrogen) atoms. The summed E-state index contributed by atoms with van der Waals surface area (Å²) in [5.74, 6) is -0.619. The van der Waals surface area contributed by atoms with Gasteiger partial charge in [-0.05, 0) is 54.5 Å². The largest absolute Gasteiger partial charge is 0.456 e. The van der Waals surface area contributed by atoms with E-state index in [9.17, 15) is 23.2 Å². The molecule has 1 saturated carbocycles. The maximum Gasteiger partial charge on any atom is 0.407 e. The molecule has 2 aromatic carbocycles. The Balaban J connectivity index is 1.42. The summed E-state index contributed by atoms with van der Waals surface area (Å²) in [6.45, 7) is 8.32. The number of nitrogens with zero attached hydrogens (tertiary/aromatic N) is 2. The van der Waals surface area contributed by atoms with Gasteiger partial charge in [0.2, 0.25) is 5.91 Å². The van der Waals surface area contributed by atoms with Crippen molar-refractivity contribution >= 4 is 27.8 Å². The summed E-state index contributed by atoms with van der Waals surface area (Å²) in [6, 6.07) is 9.33. The summed E-state index contributed by atoms with van der Waals surface area (Å²) in [5.41, 5.74) is 1.12. The first-order chi connectivity index (χ1) is 18.6. The van der Waals surface area contributed by atoms with E-state index < -0.39 is 29.7 Å². The first-order valence-electron chi connectivity index (χ1n) is 13.5. The van der Waals surface area contributed by atoms with Crippen molar-refractivity contribution in [1.82, 2.24) is 20.9 Å². The number of fused-ring (bicyclic) bond motifs is 3. The predicted molar refractivity (Wildman–Crippen MR) is 143 cm³/mol. The van der Waals surface area contributed by atoms with Crippen LogP contribution in [0.25, 0.3) is 21.9 Å². The minimum Gasteiger partial charge on any atom is -0.456 e. The predicted octanol–water partition coefficient (Wildman–Crippen LogP) is 4.77. The van der Waals surface area contributed by atoms with Crippen LogP contribution in [0.1, 0.15) is 50.3 Å². The minimum atomic E-state index is -4.65. The van der Waals surface area contributed by atoms with Gasteiger partial charge in [0.25, 0.3) is 0 Å². The van der Waals surface area contributed by atoms with Crippen LogP contribution in [0, 0.1) is 17.2 Å². The number of carbonyl (C=O) groups is 1. The molecule has 2 atom stereocenters. The van der Waals surface area contributed by atoms with Crippen molar-refractivity contribution in [3.05, 3.63) is 47.5 Å². The average Bonchev–Trinajstić information content (AvgIpc) is 3.57. The third kappa shape index (κ3) is 6.21. The zero-order valence-electron chi connectivity index (χ0n) is 22.2. The molecule has 10 heteroatoms. The average molecular weight is 542 g/mol. The van der Waals surface area contributed by atoms with Gasteiger partial charge in [-0.25, -0.2) is 0 Å². The highest BCUT2D eigenvalue weighted by Crippen LogP contribution is 2.38. The first-order valence-corrected chi connectivity index (χ1v) is 13.5. The van der Waals surface area contributed by atoms with Gasteiger partial charge in [0.15, 0.2) is 0 Å². The van der Waals surface area contributed by atoms with Crippen LogP contribution in [0.3, 0.4) is 0 Å². The molecule has 3 aromatic rings. The van der Waals surface area contributed by atoms with E-state index in [1.54, 1.807) is 6.07 Å². The molecule has 1 aliphatic heterocycles. The molecule has 2 heterocycles. The van der Waals surface area contributed by atoms with Gasteiger partial charge in [-0.1, -0.05) is 32.0 Å². The summed E-state index contributed by atoms with van der Waals surface area (Å²) >= 11 is 0. The van der Waals surface area contributed by atoms with E-state index >= 15 is 0 Å². The second-order valence-corrected chi connectivity index (χ2v) is 11.2. The molecule has 5 rings (SSSR count). The van der Waals surface area contributed by atoms with E-state index in [0.29, 0.717) is 24.0 Å². The molecular formula is C29H34F3N5O2. The van der Waals surface area contributed by atoms with Crippen LogP contribution < -0.4 is 16.0 Å². The number of hydrogen-bond donors (Lipinski definition) is 3. The lowest BCUT2D eigenvalue weighted by Crippen LogP contribution is -2.52. The molecule has 2 aliphatic rings. The van der Waals surface area contributed by atoms with Crippen LogP contribution in [0.5, 0.6) is 0 Å². The van der Waals surface area contributed by atoms with Gasteiger partial charge >= 0.3 is 6.18 Å². The van der Waals surface area contributed by atoms with Crippen LogP contribution in [0.15, 0.2) is 40.8 Å². The van der Waals surface area contributed by atoms with E-state index in [4.69, 9.17) is 4.42 Å². The Bertz CT molecular complexity index is 1380. The smallest absolute Gasteiger partial charge is 0.407 e. The monoisotopic (exact) mass is 541 g/mol. The molecule has 3 N–H and O–H groups in total. The molecule has 1 saturated heterocycles. The van der Waals surface area contributed by atoms with Crippen molar-refractivity contribution in [3.8, 4) is 6.07 Å². The molecule has 0 radical (unpaired) electrons. The molecular weight excluding hydrogens is 507 g/mol. The van der Waals surface area contributed by atoms with Crippen LogP contribution in [-0.4, -0.2) is 54.7 Å². The zero-order valence-corrected chi connectivity index (χ0v) is 22.2. The molecule has 7 nitrogen and oxygen atoms in total. The maximum absolute atomic E-state index is 14.4. The van der Waals surface area contributed by atoms with Gasteiger partial charge < -0.3 is 15.1 Å². The third-order valence-corrected chi connectivity index (χ3v) is 7.55. The van der Waals surface area contributed by atoms with Crippen LogP contribution in [-0.2, 0) is 11.3 Å². The highest BCUT2D eigenvalue weighted by molar-refractivity contribution is 6.05. The lowest BCUT2D eigenvalue weighted by molar-refractivity contribution is -0.161. The number of benzene rings is 2. The quantitative estimate of drug-likeness (QED) is 0.361. The normalized spacial score (nSPS) is 19.2. The summed E-state index contributed by atoms with van der Waals surface area (Å²) in [5, 5.41) is 19.5.